The van der Waals surface area contributed by atoms with Crippen LogP contribution in [0.4, 0.5) is 0 Å². The number of pyridine rings is 1. The molecule has 0 aliphatic heterocycles. The first-order valence-electron chi connectivity index (χ1n) is 6.30. The third kappa shape index (κ3) is 3.01. The zero-order chi connectivity index (χ0) is 14.7. The van der Waals surface area contributed by atoms with E-state index in [1.54, 1.807) is 23.8 Å². The van der Waals surface area contributed by atoms with Crippen molar-refractivity contribution < 1.29 is 9.53 Å². The lowest BCUT2D eigenvalue weighted by Crippen LogP contribution is -2.33. The average molecular weight is 297 g/mol. The second kappa shape index (κ2) is 6.09. The monoisotopic (exact) mass is 296 g/mol. The molecule has 2 rings (SSSR count). The summed E-state index contributed by atoms with van der Waals surface area (Å²) >= 11 is 5.89. The molecule has 108 valence electrons. The van der Waals surface area contributed by atoms with Gasteiger partial charge in [-0.2, -0.15) is 4.98 Å². The molecule has 0 bridgehead atoms. The smallest absolute Gasteiger partial charge is 0.240 e. The van der Waals surface area contributed by atoms with Crippen LogP contribution >= 0.6 is 11.6 Å². The number of aromatic nitrogens is 3. The molecule has 6 nitrogen and oxygen atoms in total. The molecule has 0 fully saturated rings. The highest BCUT2D eigenvalue weighted by atomic mass is 35.5. The van der Waals surface area contributed by atoms with Crippen LogP contribution in [0.15, 0.2) is 12.1 Å². The molecule has 2 heterocycles. The van der Waals surface area contributed by atoms with Gasteiger partial charge in [-0.25, -0.2) is 4.98 Å². The zero-order valence-corrected chi connectivity index (χ0v) is 12.4. The molecule has 0 aromatic carbocycles. The van der Waals surface area contributed by atoms with Crippen molar-refractivity contribution in [2.75, 3.05) is 7.11 Å². The molecule has 0 spiro atoms. The van der Waals surface area contributed by atoms with Crippen molar-refractivity contribution in [1.29, 1.82) is 0 Å². The first-order valence-corrected chi connectivity index (χ1v) is 6.84. The Morgan fingerprint density at radius 1 is 1.45 bits per heavy atom. The Labute approximate surface area is 122 Å². The molecular formula is C13H17ClN4O2. The molecule has 2 aromatic rings. The van der Waals surface area contributed by atoms with Gasteiger partial charge in [0, 0.05) is 12.1 Å². The molecule has 2 aromatic heterocycles. The van der Waals surface area contributed by atoms with Crippen LogP contribution in [0.5, 0.6) is 5.88 Å². The number of ether oxygens (including phenoxy) is 1. The minimum atomic E-state index is -0.102. The van der Waals surface area contributed by atoms with Gasteiger partial charge in [0.25, 0.3) is 0 Å². The summed E-state index contributed by atoms with van der Waals surface area (Å²) in [6, 6.07) is 3.61. The van der Waals surface area contributed by atoms with E-state index in [1.165, 1.54) is 0 Å². The molecule has 0 saturated carbocycles. The third-order valence-electron chi connectivity index (χ3n) is 2.73. The Morgan fingerprint density at radius 3 is 2.80 bits per heavy atom. The summed E-state index contributed by atoms with van der Waals surface area (Å²) in [5.41, 5.74) is 1.29. The van der Waals surface area contributed by atoms with E-state index in [-0.39, 0.29) is 24.4 Å². The van der Waals surface area contributed by atoms with Gasteiger partial charge >= 0.3 is 0 Å². The summed E-state index contributed by atoms with van der Waals surface area (Å²) in [6.45, 7) is 3.96. The number of carbonyl (C=O) groups is 1. The van der Waals surface area contributed by atoms with Gasteiger partial charge in [-0.15, -0.1) is 11.6 Å². The van der Waals surface area contributed by atoms with Crippen molar-refractivity contribution >= 4 is 28.7 Å². The van der Waals surface area contributed by atoms with Gasteiger partial charge in [-0.1, -0.05) is 0 Å². The van der Waals surface area contributed by atoms with Crippen LogP contribution in [0.1, 0.15) is 19.7 Å². The van der Waals surface area contributed by atoms with E-state index in [0.717, 1.165) is 0 Å². The Bertz CT molecular complexity index is 624. The van der Waals surface area contributed by atoms with Crippen LogP contribution in [0.25, 0.3) is 11.2 Å². The summed E-state index contributed by atoms with van der Waals surface area (Å²) < 4.78 is 6.81. The van der Waals surface area contributed by atoms with Gasteiger partial charge in [0.2, 0.25) is 11.8 Å². The molecule has 20 heavy (non-hydrogen) atoms. The fourth-order valence-electron chi connectivity index (χ4n) is 1.92. The highest BCUT2D eigenvalue weighted by molar-refractivity contribution is 6.16. The van der Waals surface area contributed by atoms with Crippen molar-refractivity contribution in [2.45, 2.75) is 32.3 Å². The summed E-state index contributed by atoms with van der Waals surface area (Å²) in [4.78, 5) is 20.6. The zero-order valence-electron chi connectivity index (χ0n) is 11.7. The van der Waals surface area contributed by atoms with Gasteiger partial charge in [0.15, 0.2) is 5.65 Å². The van der Waals surface area contributed by atoms with Crippen molar-refractivity contribution in [3.05, 3.63) is 18.0 Å². The number of nitrogens with zero attached hydrogens (tertiary/aromatic N) is 3. The first-order chi connectivity index (χ1) is 9.55. The van der Waals surface area contributed by atoms with E-state index in [4.69, 9.17) is 16.3 Å². The van der Waals surface area contributed by atoms with E-state index in [0.29, 0.717) is 22.9 Å². The van der Waals surface area contributed by atoms with Crippen molar-refractivity contribution in [2.24, 2.45) is 0 Å². The summed E-state index contributed by atoms with van der Waals surface area (Å²) in [5.74, 6) is 1.20. The number of halogens is 1. The average Bonchev–Trinajstić information content (AvgIpc) is 2.75. The van der Waals surface area contributed by atoms with Gasteiger partial charge in [0.05, 0.1) is 13.0 Å². The van der Waals surface area contributed by atoms with E-state index >= 15 is 0 Å². The normalized spacial score (nSPS) is 11.1. The van der Waals surface area contributed by atoms with E-state index < -0.39 is 0 Å². The van der Waals surface area contributed by atoms with Crippen molar-refractivity contribution in [3.63, 3.8) is 0 Å². The number of hydrogen-bond acceptors (Lipinski definition) is 4. The molecule has 7 heteroatoms. The maximum atomic E-state index is 11.9. The number of methoxy groups -OCH3 is 1. The van der Waals surface area contributed by atoms with Gasteiger partial charge in [0.1, 0.15) is 17.9 Å². The van der Waals surface area contributed by atoms with Crippen LogP contribution < -0.4 is 10.1 Å². The lowest BCUT2D eigenvalue weighted by atomic mass is 10.4. The Hall–Kier alpha value is -1.82. The molecule has 0 radical (unpaired) electrons. The maximum Gasteiger partial charge on any atom is 0.240 e. The van der Waals surface area contributed by atoms with Crippen molar-refractivity contribution in [3.8, 4) is 5.88 Å². The van der Waals surface area contributed by atoms with Crippen LogP contribution in [0.2, 0.25) is 0 Å². The highest BCUT2D eigenvalue weighted by Gasteiger charge is 2.15. The maximum absolute atomic E-state index is 11.9. The van der Waals surface area contributed by atoms with Crippen LogP contribution in [-0.2, 0) is 17.2 Å². The molecule has 1 amide bonds. The SMILES string of the molecule is COc1ccc2nc(CCl)n(CC(=O)NC(C)C)c2n1. The number of imidazole rings is 1. The second-order valence-electron chi connectivity index (χ2n) is 4.67. The number of alkyl halides is 1. The first kappa shape index (κ1) is 14.6. The van der Waals surface area contributed by atoms with Gasteiger partial charge in [-0.3, -0.25) is 4.79 Å². The van der Waals surface area contributed by atoms with Crippen molar-refractivity contribution in [1.82, 2.24) is 19.9 Å². The largest absolute Gasteiger partial charge is 0.481 e. The minimum Gasteiger partial charge on any atom is -0.481 e. The third-order valence-corrected chi connectivity index (χ3v) is 2.96. The predicted molar refractivity (Wildman–Crippen MR) is 76.9 cm³/mol. The van der Waals surface area contributed by atoms with Gasteiger partial charge in [-0.05, 0) is 19.9 Å². The van der Waals surface area contributed by atoms with E-state index in [1.807, 2.05) is 13.8 Å². The summed E-state index contributed by atoms with van der Waals surface area (Å²) in [5, 5.41) is 2.84. The van der Waals surface area contributed by atoms with Gasteiger partial charge < -0.3 is 14.6 Å². The lowest BCUT2D eigenvalue weighted by molar-refractivity contribution is -0.122. The number of carbonyl (C=O) groups excluding carboxylic acids is 1. The number of amides is 1. The standard InChI is InChI=1S/C13H17ClN4O2/c1-8(2)15-11(19)7-18-10(6-14)16-9-4-5-12(20-3)17-13(9)18/h4-5,8H,6-7H2,1-3H3,(H,15,19). The van der Waals surface area contributed by atoms with E-state index in [2.05, 4.69) is 15.3 Å². The Morgan fingerprint density at radius 2 is 2.20 bits per heavy atom. The number of hydrogen-bond donors (Lipinski definition) is 1. The lowest BCUT2D eigenvalue weighted by Gasteiger charge is -2.10. The fraction of sp³-hybridized carbons (Fsp3) is 0.462. The molecule has 0 aliphatic rings. The molecule has 0 unspecified atom stereocenters. The quantitative estimate of drug-likeness (QED) is 0.853. The highest BCUT2D eigenvalue weighted by Crippen LogP contribution is 2.19. The fourth-order valence-corrected chi connectivity index (χ4v) is 2.13. The number of rotatable bonds is 5. The topological polar surface area (TPSA) is 69.0 Å². The minimum absolute atomic E-state index is 0.0826. The summed E-state index contributed by atoms with van der Waals surface area (Å²) in [7, 11) is 1.54. The Balaban J connectivity index is 2.40. The molecule has 0 saturated heterocycles. The predicted octanol–water partition coefficient (Wildman–Crippen LogP) is 1.70. The number of nitrogens with one attached hydrogen (secondary N) is 1. The van der Waals surface area contributed by atoms with Crippen LogP contribution in [0.3, 0.4) is 0 Å². The molecule has 0 atom stereocenters. The van der Waals surface area contributed by atoms with Crippen LogP contribution in [-0.4, -0.2) is 33.6 Å². The number of fused-ring (bicyclic) bond motifs is 1. The van der Waals surface area contributed by atoms with E-state index in [9.17, 15) is 4.79 Å². The summed E-state index contributed by atoms with van der Waals surface area (Å²) in [6.07, 6.45) is 0. The van der Waals surface area contributed by atoms with Crippen LogP contribution in [0, 0.1) is 0 Å². The Kier molecular flexibility index (Phi) is 4.44. The molecule has 1 N–H and O–H groups in total. The molecular weight excluding hydrogens is 280 g/mol. The molecule has 0 aliphatic carbocycles. The second-order valence-corrected chi connectivity index (χ2v) is 4.93.